The first kappa shape index (κ1) is 10.5. The van der Waals surface area contributed by atoms with Crippen molar-refractivity contribution in [3.05, 3.63) is 30.6 Å². The van der Waals surface area contributed by atoms with Crippen LogP contribution in [-0.2, 0) is 7.05 Å². The summed E-state index contributed by atoms with van der Waals surface area (Å²) in [5.41, 5.74) is 2.40. The summed E-state index contributed by atoms with van der Waals surface area (Å²) in [7, 11) is 1.94. The lowest BCUT2D eigenvalue weighted by Gasteiger charge is -2.23. The fourth-order valence-electron chi connectivity index (χ4n) is 2.47. The van der Waals surface area contributed by atoms with E-state index in [9.17, 15) is 0 Å². The van der Waals surface area contributed by atoms with E-state index in [0.29, 0.717) is 5.92 Å². The van der Waals surface area contributed by atoms with Gasteiger partial charge in [0.1, 0.15) is 0 Å². The molecule has 0 atom stereocenters. The quantitative estimate of drug-likeness (QED) is 0.841. The Labute approximate surface area is 100 Å². The number of hydrogen-bond acceptors (Lipinski definition) is 3. The summed E-state index contributed by atoms with van der Waals surface area (Å²) in [4.78, 5) is 4.29. The van der Waals surface area contributed by atoms with Gasteiger partial charge in [-0.1, -0.05) is 0 Å². The molecule has 1 aliphatic heterocycles. The van der Waals surface area contributed by atoms with Gasteiger partial charge in [0, 0.05) is 31.1 Å². The van der Waals surface area contributed by atoms with Crippen LogP contribution in [0.25, 0.3) is 5.69 Å². The molecule has 1 fully saturated rings. The molecule has 2 aromatic rings. The number of piperidine rings is 1. The fraction of sp³-hybridized carbons (Fsp3) is 0.500. The van der Waals surface area contributed by atoms with E-state index >= 15 is 0 Å². The van der Waals surface area contributed by atoms with Gasteiger partial charge in [0.25, 0.3) is 0 Å². The highest BCUT2D eigenvalue weighted by Crippen LogP contribution is 2.26. The van der Waals surface area contributed by atoms with E-state index in [1.165, 1.54) is 18.5 Å². The van der Waals surface area contributed by atoms with Crippen molar-refractivity contribution in [2.24, 2.45) is 7.05 Å². The first-order valence-electron chi connectivity index (χ1n) is 6.06. The van der Waals surface area contributed by atoms with Gasteiger partial charge in [-0.25, -0.2) is 4.98 Å². The summed E-state index contributed by atoms with van der Waals surface area (Å²) in [6, 6.07) is 0. The number of nitrogens with zero attached hydrogens (tertiary/aromatic N) is 4. The lowest BCUT2D eigenvalue weighted by molar-refractivity contribution is 0.449. The number of aromatic nitrogens is 4. The summed E-state index contributed by atoms with van der Waals surface area (Å²) in [5.74, 6) is 0.610. The molecule has 1 aliphatic rings. The van der Waals surface area contributed by atoms with Gasteiger partial charge >= 0.3 is 0 Å². The maximum Gasteiger partial charge on any atom is 0.0995 e. The standard InChI is InChI=1S/C12H17N5/c1-16-8-11(6-15-16)17-9-14-7-12(17)10-2-4-13-5-3-10/h6-10,13H,2-5H2,1H3. The molecule has 2 aromatic heterocycles. The van der Waals surface area contributed by atoms with Gasteiger partial charge in [-0.2, -0.15) is 5.10 Å². The molecule has 0 bridgehead atoms. The average Bonchev–Trinajstić information content (AvgIpc) is 2.98. The van der Waals surface area contributed by atoms with Crippen molar-refractivity contribution in [3.63, 3.8) is 0 Å². The molecular formula is C12H17N5. The number of nitrogens with one attached hydrogen (secondary N) is 1. The van der Waals surface area contributed by atoms with E-state index in [-0.39, 0.29) is 0 Å². The molecule has 3 rings (SSSR count). The fourth-order valence-corrected chi connectivity index (χ4v) is 2.47. The third kappa shape index (κ3) is 1.98. The van der Waals surface area contributed by atoms with Crippen LogP contribution < -0.4 is 5.32 Å². The first-order chi connectivity index (χ1) is 8.34. The van der Waals surface area contributed by atoms with Gasteiger partial charge in [-0.15, -0.1) is 0 Å². The Balaban J connectivity index is 1.93. The summed E-state index contributed by atoms with van der Waals surface area (Å²) in [6.07, 6.45) is 10.1. The van der Waals surface area contributed by atoms with Gasteiger partial charge in [-0.05, 0) is 25.9 Å². The van der Waals surface area contributed by atoms with E-state index in [0.717, 1.165) is 18.8 Å². The van der Waals surface area contributed by atoms with Crippen LogP contribution in [0.5, 0.6) is 0 Å². The maximum absolute atomic E-state index is 4.29. The second kappa shape index (κ2) is 4.33. The lowest BCUT2D eigenvalue weighted by Crippen LogP contribution is -2.27. The van der Waals surface area contributed by atoms with Gasteiger partial charge in [0.05, 0.1) is 18.2 Å². The zero-order chi connectivity index (χ0) is 11.7. The van der Waals surface area contributed by atoms with Crippen LogP contribution in [0.15, 0.2) is 24.9 Å². The van der Waals surface area contributed by atoms with Crippen molar-refractivity contribution < 1.29 is 0 Å². The predicted octanol–water partition coefficient (Wildman–Crippen LogP) is 1.07. The van der Waals surface area contributed by atoms with E-state index in [1.54, 1.807) is 0 Å². The Hall–Kier alpha value is -1.62. The highest BCUT2D eigenvalue weighted by molar-refractivity contribution is 5.29. The molecule has 0 radical (unpaired) electrons. The van der Waals surface area contributed by atoms with Crippen LogP contribution in [0.2, 0.25) is 0 Å². The normalized spacial score (nSPS) is 17.5. The molecule has 90 valence electrons. The first-order valence-corrected chi connectivity index (χ1v) is 6.06. The Morgan fingerprint density at radius 1 is 1.29 bits per heavy atom. The summed E-state index contributed by atoms with van der Waals surface area (Å²) in [6.45, 7) is 2.20. The Bertz CT molecular complexity index is 492. The SMILES string of the molecule is Cn1cc(-n2cncc2C2CCNCC2)cn1. The van der Waals surface area contributed by atoms with Crippen molar-refractivity contribution in [3.8, 4) is 5.69 Å². The Morgan fingerprint density at radius 2 is 2.12 bits per heavy atom. The average molecular weight is 231 g/mol. The van der Waals surface area contributed by atoms with Gasteiger partial charge in [0.15, 0.2) is 0 Å². The molecule has 1 N–H and O–H groups in total. The van der Waals surface area contributed by atoms with Crippen molar-refractivity contribution in [1.82, 2.24) is 24.6 Å². The molecular weight excluding hydrogens is 214 g/mol. The molecule has 0 spiro atoms. The minimum Gasteiger partial charge on any atom is -0.317 e. The Kier molecular flexibility index (Phi) is 2.68. The third-order valence-electron chi connectivity index (χ3n) is 3.39. The smallest absolute Gasteiger partial charge is 0.0995 e. The summed E-state index contributed by atoms with van der Waals surface area (Å²) < 4.78 is 3.98. The predicted molar refractivity (Wildman–Crippen MR) is 65.2 cm³/mol. The van der Waals surface area contributed by atoms with Gasteiger partial charge in [-0.3, -0.25) is 9.25 Å². The van der Waals surface area contributed by atoms with Crippen LogP contribution in [0.3, 0.4) is 0 Å². The summed E-state index contributed by atoms with van der Waals surface area (Å²) >= 11 is 0. The van der Waals surface area contributed by atoms with Crippen LogP contribution in [0, 0.1) is 0 Å². The molecule has 5 nitrogen and oxygen atoms in total. The van der Waals surface area contributed by atoms with Crippen LogP contribution in [0.1, 0.15) is 24.5 Å². The van der Waals surface area contributed by atoms with Crippen LogP contribution >= 0.6 is 0 Å². The van der Waals surface area contributed by atoms with Crippen molar-refractivity contribution in [1.29, 1.82) is 0 Å². The molecule has 5 heteroatoms. The zero-order valence-corrected chi connectivity index (χ0v) is 10.0. The highest BCUT2D eigenvalue weighted by atomic mass is 15.3. The molecule has 3 heterocycles. The number of imidazole rings is 1. The highest BCUT2D eigenvalue weighted by Gasteiger charge is 2.19. The zero-order valence-electron chi connectivity index (χ0n) is 10.0. The lowest BCUT2D eigenvalue weighted by atomic mass is 9.95. The Morgan fingerprint density at radius 3 is 2.82 bits per heavy atom. The topological polar surface area (TPSA) is 47.7 Å². The molecule has 0 aromatic carbocycles. The van der Waals surface area contributed by atoms with E-state index in [1.807, 2.05) is 36.6 Å². The molecule has 0 unspecified atom stereocenters. The van der Waals surface area contributed by atoms with E-state index in [2.05, 4.69) is 20.0 Å². The van der Waals surface area contributed by atoms with Gasteiger partial charge in [0.2, 0.25) is 0 Å². The second-order valence-electron chi connectivity index (χ2n) is 4.58. The van der Waals surface area contributed by atoms with Crippen molar-refractivity contribution in [2.45, 2.75) is 18.8 Å². The van der Waals surface area contributed by atoms with Crippen molar-refractivity contribution in [2.75, 3.05) is 13.1 Å². The summed E-state index contributed by atoms with van der Waals surface area (Å²) in [5, 5.41) is 7.61. The minimum atomic E-state index is 0.610. The van der Waals surface area contributed by atoms with E-state index < -0.39 is 0 Å². The van der Waals surface area contributed by atoms with Crippen LogP contribution in [-0.4, -0.2) is 32.4 Å². The monoisotopic (exact) mass is 231 g/mol. The number of aryl methyl sites for hydroxylation is 1. The van der Waals surface area contributed by atoms with Crippen LogP contribution in [0.4, 0.5) is 0 Å². The minimum absolute atomic E-state index is 0.610. The molecule has 17 heavy (non-hydrogen) atoms. The second-order valence-corrected chi connectivity index (χ2v) is 4.58. The third-order valence-corrected chi connectivity index (χ3v) is 3.39. The molecule has 0 amide bonds. The number of hydrogen-bond donors (Lipinski definition) is 1. The largest absolute Gasteiger partial charge is 0.317 e. The molecule has 1 saturated heterocycles. The molecule has 0 aliphatic carbocycles. The molecule has 0 saturated carbocycles. The van der Waals surface area contributed by atoms with Crippen molar-refractivity contribution >= 4 is 0 Å². The number of rotatable bonds is 2. The maximum atomic E-state index is 4.29. The van der Waals surface area contributed by atoms with E-state index in [4.69, 9.17) is 0 Å². The van der Waals surface area contributed by atoms with Gasteiger partial charge < -0.3 is 5.32 Å².